The Morgan fingerprint density at radius 1 is 1.53 bits per heavy atom. The van der Waals surface area contributed by atoms with Gasteiger partial charge in [-0.25, -0.2) is 0 Å². The third-order valence-corrected chi connectivity index (χ3v) is 4.03. The largest absolute Gasteiger partial charge is 0.508 e. The molecule has 3 unspecified atom stereocenters. The van der Waals surface area contributed by atoms with Crippen LogP contribution in [0.15, 0.2) is 18.2 Å². The Kier molecular flexibility index (Phi) is 4.13. The molecule has 3 atom stereocenters. The second-order valence-corrected chi connectivity index (χ2v) is 5.53. The van der Waals surface area contributed by atoms with Gasteiger partial charge >= 0.3 is 0 Å². The van der Waals surface area contributed by atoms with Crippen LogP contribution in [0.5, 0.6) is 5.75 Å². The molecule has 1 aliphatic rings. The van der Waals surface area contributed by atoms with E-state index in [0.29, 0.717) is 25.3 Å². The van der Waals surface area contributed by atoms with Crippen molar-refractivity contribution < 1.29 is 14.9 Å². The lowest BCUT2D eigenvalue weighted by molar-refractivity contribution is -0.0274. The lowest BCUT2D eigenvalue weighted by Crippen LogP contribution is -2.46. The predicted octanol–water partition coefficient (Wildman–Crippen LogP) is 1.89. The smallest absolute Gasteiger partial charge is 0.120 e. The van der Waals surface area contributed by atoms with Crippen molar-refractivity contribution in [2.45, 2.75) is 44.9 Å². The molecule has 0 saturated carbocycles. The molecule has 1 fully saturated rings. The number of benzene rings is 1. The van der Waals surface area contributed by atoms with Crippen molar-refractivity contribution >= 4 is 0 Å². The highest BCUT2D eigenvalue weighted by atomic mass is 16.5. The molecule has 1 saturated heterocycles. The minimum Gasteiger partial charge on any atom is -0.508 e. The summed E-state index contributed by atoms with van der Waals surface area (Å²) in [5.74, 6) is 0.294. The summed E-state index contributed by atoms with van der Waals surface area (Å²) in [7, 11) is 0. The van der Waals surface area contributed by atoms with Gasteiger partial charge in [-0.1, -0.05) is 12.1 Å². The third-order valence-electron chi connectivity index (χ3n) is 4.03. The van der Waals surface area contributed by atoms with Crippen molar-refractivity contribution in [1.82, 2.24) is 5.32 Å². The molecular weight excluding hydrogens is 242 g/mol. The minimum absolute atomic E-state index is 0.0163. The number of hydrogen-bond acceptors (Lipinski definition) is 4. The summed E-state index contributed by atoms with van der Waals surface area (Å²) in [5, 5.41) is 23.6. The molecule has 0 amide bonds. The molecule has 4 nitrogen and oxygen atoms in total. The van der Waals surface area contributed by atoms with Gasteiger partial charge in [0, 0.05) is 31.2 Å². The predicted molar refractivity (Wildman–Crippen MR) is 74.2 cm³/mol. The fourth-order valence-electron chi connectivity index (χ4n) is 2.46. The molecule has 0 radical (unpaired) electrons. The van der Waals surface area contributed by atoms with Crippen molar-refractivity contribution in [2.24, 2.45) is 0 Å². The monoisotopic (exact) mass is 265 g/mol. The zero-order chi connectivity index (χ0) is 14.0. The van der Waals surface area contributed by atoms with Crippen LogP contribution in [-0.2, 0) is 4.74 Å². The van der Waals surface area contributed by atoms with E-state index in [1.807, 2.05) is 32.9 Å². The Hall–Kier alpha value is -1.10. The number of aromatic hydroxyl groups is 1. The topological polar surface area (TPSA) is 61.7 Å². The summed E-state index contributed by atoms with van der Waals surface area (Å²) in [6.07, 6.45) is 0.493. The van der Waals surface area contributed by atoms with Crippen LogP contribution in [0.3, 0.4) is 0 Å². The highest BCUT2D eigenvalue weighted by molar-refractivity contribution is 5.37. The van der Waals surface area contributed by atoms with Gasteiger partial charge in [-0.05, 0) is 32.4 Å². The van der Waals surface area contributed by atoms with E-state index in [2.05, 4.69) is 5.32 Å². The van der Waals surface area contributed by atoms with Gasteiger partial charge < -0.3 is 20.3 Å². The summed E-state index contributed by atoms with van der Waals surface area (Å²) in [5.41, 5.74) is 1.07. The van der Waals surface area contributed by atoms with Crippen LogP contribution < -0.4 is 5.32 Å². The number of ether oxygens (including phenoxy) is 1. The van der Waals surface area contributed by atoms with Crippen LogP contribution in [0, 0.1) is 6.92 Å². The maximum atomic E-state index is 10.4. The highest BCUT2D eigenvalue weighted by Gasteiger charge is 2.39. The van der Waals surface area contributed by atoms with E-state index < -0.39 is 5.60 Å². The van der Waals surface area contributed by atoms with Crippen LogP contribution >= 0.6 is 0 Å². The Morgan fingerprint density at radius 3 is 2.84 bits per heavy atom. The van der Waals surface area contributed by atoms with E-state index in [0.717, 1.165) is 11.1 Å². The first-order valence-corrected chi connectivity index (χ1v) is 6.79. The van der Waals surface area contributed by atoms with E-state index in [1.54, 1.807) is 6.07 Å². The zero-order valence-electron chi connectivity index (χ0n) is 11.8. The lowest BCUT2D eigenvalue weighted by atomic mass is 9.95. The summed E-state index contributed by atoms with van der Waals surface area (Å²) in [6.45, 7) is 6.88. The Balaban J connectivity index is 1.99. The van der Waals surface area contributed by atoms with E-state index in [9.17, 15) is 10.2 Å². The molecule has 3 N–H and O–H groups in total. The first-order valence-electron chi connectivity index (χ1n) is 6.79. The van der Waals surface area contributed by atoms with Gasteiger partial charge in [0.25, 0.3) is 0 Å². The highest BCUT2D eigenvalue weighted by Crippen LogP contribution is 2.28. The average molecular weight is 265 g/mol. The standard InChI is InChI=1S/C15H23NO3/c1-10-4-5-13(14(17)8-10)11(2)16-9-15(18)6-7-19-12(15)3/h4-5,8,11-12,16-18H,6-7,9H2,1-3H3. The van der Waals surface area contributed by atoms with E-state index in [-0.39, 0.29) is 12.1 Å². The van der Waals surface area contributed by atoms with Crippen molar-refractivity contribution in [2.75, 3.05) is 13.2 Å². The van der Waals surface area contributed by atoms with Crippen LogP contribution in [0.2, 0.25) is 0 Å². The maximum absolute atomic E-state index is 10.4. The van der Waals surface area contributed by atoms with Crippen molar-refractivity contribution in [3.05, 3.63) is 29.3 Å². The molecule has 4 heteroatoms. The molecule has 19 heavy (non-hydrogen) atoms. The molecule has 1 aliphatic heterocycles. The second kappa shape index (κ2) is 5.49. The molecular formula is C15H23NO3. The number of phenolic OH excluding ortho intramolecular Hbond substituents is 1. The number of phenols is 1. The third kappa shape index (κ3) is 3.08. The average Bonchev–Trinajstić information content (AvgIpc) is 2.67. The molecule has 106 valence electrons. The van der Waals surface area contributed by atoms with Crippen molar-refractivity contribution in [3.8, 4) is 5.75 Å². The molecule has 2 rings (SSSR count). The van der Waals surface area contributed by atoms with Crippen LogP contribution in [-0.4, -0.2) is 35.1 Å². The SMILES string of the molecule is Cc1ccc(C(C)NCC2(O)CCOC2C)c(O)c1. The number of hydrogen-bond donors (Lipinski definition) is 3. The number of aliphatic hydroxyl groups is 1. The van der Waals surface area contributed by atoms with Crippen molar-refractivity contribution in [3.63, 3.8) is 0 Å². The molecule has 1 aromatic carbocycles. The normalized spacial score (nSPS) is 28.5. The number of rotatable bonds is 4. The van der Waals surface area contributed by atoms with E-state index >= 15 is 0 Å². The van der Waals surface area contributed by atoms with Gasteiger partial charge in [0.15, 0.2) is 0 Å². The quantitative estimate of drug-likeness (QED) is 0.778. The fourth-order valence-corrected chi connectivity index (χ4v) is 2.46. The van der Waals surface area contributed by atoms with Crippen LogP contribution in [0.4, 0.5) is 0 Å². The maximum Gasteiger partial charge on any atom is 0.120 e. The molecule has 0 aromatic heterocycles. The van der Waals surface area contributed by atoms with Crippen LogP contribution in [0.1, 0.15) is 37.4 Å². The van der Waals surface area contributed by atoms with E-state index in [1.165, 1.54) is 0 Å². The zero-order valence-corrected chi connectivity index (χ0v) is 11.8. The fraction of sp³-hybridized carbons (Fsp3) is 0.600. The molecule has 0 bridgehead atoms. The van der Waals surface area contributed by atoms with Gasteiger partial charge in [-0.2, -0.15) is 0 Å². The number of nitrogens with one attached hydrogen (secondary N) is 1. The summed E-state index contributed by atoms with van der Waals surface area (Å²) in [6, 6.07) is 5.63. The first kappa shape index (κ1) is 14.3. The molecule has 1 heterocycles. The molecule has 1 aromatic rings. The summed E-state index contributed by atoms with van der Waals surface area (Å²) < 4.78 is 5.41. The summed E-state index contributed by atoms with van der Waals surface area (Å²) in [4.78, 5) is 0. The molecule has 0 aliphatic carbocycles. The minimum atomic E-state index is -0.811. The summed E-state index contributed by atoms with van der Waals surface area (Å²) >= 11 is 0. The Bertz CT molecular complexity index is 449. The van der Waals surface area contributed by atoms with Crippen LogP contribution in [0.25, 0.3) is 0 Å². The van der Waals surface area contributed by atoms with Gasteiger partial charge in [-0.3, -0.25) is 0 Å². The number of aryl methyl sites for hydroxylation is 1. The first-order chi connectivity index (χ1) is 8.92. The van der Waals surface area contributed by atoms with Gasteiger partial charge in [0.1, 0.15) is 11.4 Å². The van der Waals surface area contributed by atoms with Crippen molar-refractivity contribution in [1.29, 1.82) is 0 Å². The van der Waals surface area contributed by atoms with Gasteiger partial charge in [-0.15, -0.1) is 0 Å². The second-order valence-electron chi connectivity index (χ2n) is 5.53. The van der Waals surface area contributed by atoms with Gasteiger partial charge in [0.05, 0.1) is 6.10 Å². The lowest BCUT2D eigenvalue weighted by Gasteiger charge is -2.28. The molecule has 0 spiro atoms. The van der Waals surface area contributed by atoms with Gasteiger partial charge in [0.2, 0.25) is 0 Å². The van der Waals surface area contributed by atoms with E-state index in [4.69, 9.17) is 4.74 Å². The Labute approximate surface area is 114 Å². The Morgan fingerprint density at radius 2 is 2.26 bits per heavy atom.